The van der Waals surface area contributed by atoms with Crippen molar-refractivity contribution in [3.8, 4) is 0 Å². The van der Waals surface area contributed by atoms with E-state index in [1.165, 1.54) is 18.4 Å². The van der Waals surface area contributed by atoms with Gasteiger partial charge < -0.3 is 38.4 Å². The van der Waals surface area contributed by atoms with E-state index in [1.54, 1.807) is 40.1 Å². The molecule has 2 heterocycles. The van der Waals surface area contributed by atoms with Crippen LogP contribution in [0.5, 0.6) is 0 Å². The van der Waals surface area contributed by atoms with Crippen molar-refractivity contribution in [1.29, 1.82) is 0 Å². The molecule has 0 aromatic rings. The van der Waals surface area contributed by atoms with Gasteiger partial charge in [0.25, 0.3) is 6.47 Å². The Hall–Kier alpha value is -2.64. The van der Waals surface area contributed by atoms with Crippen LogP contribution < -0.4 is 0 Å². The number of ether oxygens (including phenoxy) is 5. The third-order valence-electron chi connectivity index (χ3n) is 7.11. The number of piperidine rings is 2. The van der Waals surface area contributed by atoms with E-state index in [1.807, 2.05) is 16.7 Å². The SMILES string of the molecule is CCOC(=O)CN(COC)C(=O)N1CCC(CCC2CCN(C(=O)N(CC)COC)CC2)CC1.CCOC=O.COC. The fraction of sp³-hybridized carbons (Fsp3) is 0.862. The summed E-state index contributed by atoms with van der Waals surface area (Å²) in [6.45, 7) is 10.7. The van der Waals surface area contributed by atoms with Crippen LogP contribution in [0, 0.1) is 11.8 Å². The Morgan fingerprint density at radius 2 is 1.17 bits per heavy atom. The monoisotopic (exact) mass is 604 g/mol. The molecule has 0 unspecified atom stereocenters. The van der Waals surface area contributed by atoms with Crippen LogP contribution in [0.15, 0.2) is 0 Å². The Labute approximate surface area is 252 Å². The molecule has 0 aromatic heterocycles. The number of rotatable bonds is 13. The molecule has 4 amide bonds. The Morgan fingerprint density at radius 3 is 1.50 bits per heavy atom. The second kappa shape index (κ2) is 24.9. The topological polar surface area (TPSA) is 127 Å². The van der Waals surface area contributed by atoms with Crippen LogP contribution in [0.3, 0.4) is 0 Å². The van der Waals surface area contributed by atoms with Gasteiger partial charge in [0, 0.05) is 61.2 Å². The van der Waals surface area contributed by atoms with Gasteiger partial charge in [-0.05, 0) is 58.3 Å². The van der Waals surface area contributed by atoms with Gasteiger partial charge in [0.15, 0.2) is 0 Å². The van der Waals surface area contributed by atoms with Gasteiger partial charge in [-0.3, -0.25) is 14.5 Å². The second-order valence-corrected chi connectivity index (χ2v) is 10.2. The molecule has 2 fully saturated rings. The summed E-state index contributed by atoms with van der Waals surface area (Å²) in [5, 5.41) is 0. The highest BCUT2D eigenvalue weighted by molar-refractivity contribution is 5.81. The predicted octanol–water partition coefficient (Wildman–Crippen LogP) is 3.27. The lowest BCUT2D eigenvalue weighted by molar-refractivity contribution is -0.144. The Bertz CT molecular complexity index is 728. The molecule has 0 bridgehead atoms. The molecule has 246 valence electrons. The van der Waals surface area contributed by atoms with Crippen molar-refractivity contribution in [3.05, 3.63) is 0 Å². The number of amides is 4. The molecule has 2 rings (SSSR count). The lowest BCUT2D eigenvalue weighted by atomic mass is 9.85. The van der Waals surface area contributed by atoms with E-state index in [2.05, 4.69) is 9.47 Å². The maximum Gasteiger partial charge on any atom is 0.325 e. The number of urea groups is 2. The second-order valence-electron chi connectivity index (χ2n) is 10.2. The number of hydrogen-bond acceptors (Lipinski definition) is 9. The minimum Gasteiger partial charge on any atom is -0.468 e. The number of esters is 1. The average molecular weight is 605 g/mol. The fourth-order valence-electron chi connectivity index (χ4n) is 4.89. The van der Waals surface area contributed by atoms with Crippen LogP contribution in [-0.4, -0.2) is 138 Å². The molecule has 2 saturated heterocycles. The summed E-state index contributed by atoms with van der Waals surface area (Å²) in [7, 11) is 6.37. The van der Waals surface area contributed by atoms with E-state index in [9.17, 15) is 19.2 Å². The first-order chi connectivity index (χ1) is 20.3. The van der Waals surface area contributed by atoms with Crippen LogP contribution in [0.4, 0.5) is 9.59 Å². The van der Waals surface area contributed by atoms with Gasteiger partial charge in [-0.1, -0.05) is 12.8 Å². The van der Waals surface area contributed by atoms with Gasteiger partial charge in [-0.15, -0.1) is 0 Å². The third-order valence-corrected chi connectivity index (χ3v) is 7.11. The first-order valence-corrected chi connectivity index (χ1v) is 14.9. The normalized spacial score (nSPS) is 15.4. The van der Waals surface area contributed by atoms with Gasteiger partial charge in [0.2, 0.25) is 0 Å². The highest BCUT2D eigenvalue weighted by Gasteiger charge is 2.29. The zero-order chi connectivity index (χ0) is 31.8. The fourth-order valence-corrected chi connectivity index (χ4v) is 4.89. The number of likely N-dealkylation sites (tertiary alicyclic amines) is 2. The molecule has 13 heteroatoms. The quantitative estimate of drug-likeness (QED) is 0.177. The van der Waals surface area contributed by atoms with Crippen molar-refractivity contribution < 1.29 is 42.9 Å². The van der Waals surface area contributed by atoms with Crippen LogP contribution in [0.25, 0.3) is 0 Å². The molecule has 0 spiro atoms. The van der Waals surface area contributed by atoms with Crippen molar-refractivity contribution >= 4 is 24.5 Å². The molecule has 0 aliphatic carbocycles. The Morgan fingerprint density at radius 1 is 0.738 bits per heavy atom. The van der Waals surface area contributed by atoms with E-state index >= 15 is 0 Å². The summed E-state index contributed by atoms with van der Waals surface area (Å²) in [4.78, 5) is 53.4. The summed E-state index contributed by atoms with van der Waals surface area (Å²) in [6.07, 6.45) is 6.39. The summed E-state index contributed by atoms with van der Waals surface area (Å²) >= 11 is 0. The maximum atomic E-state index is 12.9. The van der Waals surface area contributed by atoms with Crippen LogP contribution in [-0.2, 0) is 33.3 Å². The smallest absolute Gasteiger partial charge is 0.325 e. The van der Waals surface area contributed by atoms with Crippen LogP contribution in [0.2, 0.25) is 0 Å². The predicted molar refractivity (Wildman–Crippen MR) is 159 cm³/mol. The molecule has 13 nitrogen and oxygen atoms in total. The zero-order valence-corrected chi connectivity index (χ0v) is 27.0. The van der Waals surface area contributed by atoms with E-state index in [-0.39, 0.29) is 25.3 Å². The molecule has 2 aliphatic rings. The van der Waals surface area contributed by atoms with Gasteiger partial charge in [0.05, 0.1) is 13.2 Å². The highest BCUT2D eigenvalue weighted by atomic mass is 16.5. The number of methoxy groups -OCH3 is 3. The van der Waals surface area contributed by atoms with Crippen LogP contribution in [0.1, 0.15) is 59.3 Å². The van der Waals surface area contributed by atoms with Gasteiger partial charge in [-0.2, -0.15) is 0 Å². The standard InChI is InChI=1S/C24H44N4O6.C3H6O2.C2H6O/c1-5-25(18-32-3)23(30)26-13-9-20(10-14-26)7-8-21-11-15-27(16-12-21)24(31)28(19-33-4)17-22(29)34-6-2;1-2-5-3-4;1-3-2/h20-21H,5-19H2,1-4H3;3H,2H2,1H3;1-2H3. The number of carbonyl (C=O) groups is 4. The van der Waals surface area contributed by atoms with E-state index in [4.69, 9.17) is 14.2 Å². The van der Waals surface area contributed by atoms with Crippen molar-refractivity contribution in [3.63, 3.8) is 0 Å². The molecule has 0 N–H and O–H groups in total. The zero-order valence-electron chi connectivity index (χ0n) is 27.0. The Kier molecular flexibility index (Phi) is 23.3. The number of hydrogen-bond donors (Lipinski definition) is 0. The van der Waals surface area contributed by atoms with Gasteiger partial charge in [0.1, 0.15) is 20.0 Å². The number of nitrogens with zero attached hydrogens (tertiary/aromatic N) is 4. The van der Waals surface area contributed by atoms with E-state index in [0.29, 0.717) is 57.9 Å². The van der Waals surface area contributed by atoms with Crippen molar-refractivity contribution in [2.24, 2.45) is 11.8 Å². The van der Waals surface area contributed by atoms with E-state index < -0.39 is 5.97 Å². The van der Waals surface area contributed by atoms with Gasteiger partial charge in [-0.25, -0.2) is 9.59 Å². The molecule has 0 aromatic carbocycles. The summed E-state index contributed by atoms with van der Waals surface area (Å²) in [5.41, 5.74) is 0. The Balaban J connectivity index is 0.00000186. The maximum absolute atomic E-state index is 12.9. The lowest BCUT2D eigenvalue weighted by Crippen LogP contribution is -2.49. The molecule has 0 radical (unpaired) electrons. The highest BCUT2D eigenvalue weighted by Crippen LogP contribution is 2.29. The minimum absolute atomic E-state index is 0.0697. The molecule has 0 atom stereocenters. The van der Waals surface area contributed by atoms with Crippen molar-refractivity contribution in [2.45, 2.75) is 59.3 Å². The average Bonchev–Trinajstić information content (AvgIpc) is 3.00. The molecule has 0 saturated carbocycles. The van der Waals surface area contributed by atoms with Crippen molar-refractivity contribution in [2.75, 3.05) is 94.4 Å². The summed E-state index contributed by atoms with van der Waals surface area (Å²) in [5.74, 6) is 0.849. The van der Waals surface area contributed by atoms with E-state index in [0.717, 1.165) is 45.2 Å². The first-order valence-electron chi connectivity index (χ1n) is 14.9. The molecular formula is C29H56N4O9. The van der Waals surface area contributed by atoms with Crippen LogP contribution >= 0.6 is 0 Å². The van der Waals surface area contributed by atoms with Gasteiger partial charge >= 0.3 is 18.0 Å². The lowest BCUT2D eigenvalue weighted by Gasteiger charge is -2.37. The molecule has 2 aliphatic heterocycles. The van der Waals surface area contributed by atoms with Crippen molar-refractivity contribution in [1.82, 2.24) is 19.6 Å². The minimum atomic E-state index is -0.420. The molecule has 42 heavy (non-hydrogen) atoms. The third kappa shape index (κ3) is 16.1. The number of carbonyl (C=O) groups excluding carboxylic acids is 4. The first kappa shape index (κ1) is 39.4. The summed E-state index contributed by atoms with van der Waals surface area (Å²) < 4.78 is 23.6. The molecular weight excluding hydrogens is 548 g/mol. The summed E-state index contributed by atoms with van der Waals surface area (Å²) in [6, 6.07) is -0.0923. The largest absolute Gasteiger partial charge is 0.468 e.